The van der Waals surface area contributed by atoms with E-state index in [9.17, 15) is 36.3 Å². The van der Waals surface area contributed by atoms with Crippen molar-refractivity contribution in [2.45, 2.75) is 61.3 Å². The van der Waals surface area contributed by atoms with Crippen LogP contribution in [-0.2, 0) is 19.4 Å². The second-order valence-corrected chi connectivity index (χ2v) is 13.5. The van der Waals surface area contributed by atoms with E-state index in [1.54, 1.807) is 13.8 Å². The van der Waals surface area contributed by atoms with Crippen LogP contribution < -0.4 is 11.1 Å². The van der Waals surface area contributed by atoms with Crippen molar-refractivity contribution in [3.8, 4) is 0 Å². The molecule has 0 spiro atoms. The van der Waals surface area contributed by atoms with E-state index in [1.165, 1.54) is 12.1 Å². The van der Waals surface area contributed by atoms with Crippen molar-refractivity contribution in [3.63, 3.8) is 0 Å². The Balaban J connectivity index is 1.53. The number of aliphatic hydroxyl groups is 1. The minimum Gasteiger partial charge on any atom is -0.461 e. The molecule has 0 aliphatic heterocycles. The number of fused-ring (bicyclic) bond motifs is 2. The molecule has 2 fully saturated rings. The minimum atomic E-state index is -4.10. The number of rotatable bonds is 8. The molecule has 2 aromatic rings. The molecule has 0 aromatic heterocycles. The molecule has 218 valence electrons. The van der Waals surface area contributed by atoms with Crippen molar-refractivity contribution in [2.24, 2.45) is 23.5 Å². The van der Waals surface area contributed by atoms with Gasteiger partial charge >= 0.3 is 5.97 Å². The summed E-state index contributed by atoms with van der Waals surface area (Å²) < 4.78 is 73.3. The number of nitrogens with two attached hydrogens (primary N) is 1. The molecule has 2 bridgehead atoms. The molecule has 1 amide bonds. The molecule has 0 saturated heterocycles. The molecule has 2 aromatic carbocycles. The van der Waals surface area contributed by atoms with Crippen LogP contribution in [0.1, 0.15) is 49.9 Å². The van der Waals surface area contributed by atoms with Crippen LogP contribution in [0.15, 0.2) is 35.2 Å². The number of halogens is 4. The second-order valence-electron chi connectivity index (χ2n) is 11.0. The average Bonchev–Trinajstić information content (AvgIpc) is 3.18. The van der Waals surface area contributed by atoms with E-state index in [1.807, 2.05) is 0 Å². The Morgan fingerprint density at radius 1 is 1.12 bits per heavy atom. The third-order valence-corrected chi connectivity index (χ3v) is 10.6. The van der Waals surface area contributed by atoms with Gasteiger partial charge in [0.2, 0.25) is 0 Å². The lowest BCUT2D eigenvalue weighted by Gasteiger charge is -2.40. The molecule has 3 atom stereocenters. The molecule has 8 nitrogen and oxygen atoms in total. The number of ether oxygens (including phenoxy) is 1. The summed E-state index contributed by atoms with van der Waals surface area (Å²) in [6, 6.07) is 3.91. The Morgan fingerprint density at radius 2 is 1.70 bits per heavy atom. The van der Waals surface area contributed by atoms with Crippen molar-refractivity contribution >= 4 is 39.0 Å². The molecule has 2 aliphatic carbocycles. The third-order valence-electron chi connectivity index (χ3n) is 7.70. The van der Waals surface area contributed by atoms with Gasteiger partial charge in [0, 0.05) is 23.4 Å². The Morgan fingerprint density at radius 3 is 2.25 bits per heavy atom. The lowest BCUT2D eigenvalue weighted by molar-refractivity contribution is -0.157. The molecular formula is C27H30ClF3N2O6S. The Labute approximate surface area is 234 Å². The maximum atomic E-state index is 13.8. The average molecular weight is 603 g/mol. The molecule has 4 rings (SSSR count). The van der Waals surface area contributed by atoms with Gasteiger partial charge in [0.1, 0.15) is 12.6 Å². The lowest BCUT2D eigenvalue weighted by atomic mass is 9.77. The Hall–Kier alpha value is -2.67. The van der Waals surface area contributed by atoms with Crippen LogP contribution in [0.5, 0.6) is 0 Å². The van der Waals surface area contributed by atoms with Crippen molar-refractivity contribution in [3.05, 3.63) is 58.4 Å². The van der Waals surface area contributed by atoms with Crippen LogP contribution in [-0.4, -0.2) is 48.9 Å². The predicted octanol–water partition coefficient (Wildman–Crippen LogP) is 4.23. The van der Waals surface area contributed by atoms with Crippen LogP contribution in [0.25, 0.3) is 0 Å². The quantitative estimate of drug-likeness (QED) is 0.304. The van der Waals surface area contributed by atoms with E-state index in [0.717, 1.165) is 6.07 Å². The van der Waals surface area contributed by atoms with Gasteiger partial charge in [-0.25, -0.2) is 21.6 Å². The van der Waals surface area contributed by atoms with Gasteiger partial charge in [-0.3, -0.25) is 9.59 Å². The van der Waals surface area contributed by atoms with Crippen molar-refractivity contribution in [1.82, 2.24) is 0 Å². The minimum absolute atomic E-state index is 0.0804. The second kappa shape index (κ2) is 11.3. The summed E-state index contributed by atoms with van der Waals surface area (Å²) in [5, 5.41) is 12.4. The Bertz CT molecular complexity index is 1400. The number of nitrogens with one attached hydrogen (secondary N) is 1. The van der Waals surface area contributed by atoms with E-state index in [-0.39, 0.29) is 46.5 Å². The van der Waals surface area contributed by atoms with Gasteiger partial charge in [0.25, 0.3) is 5.91 Å². The summed E-state index contributed by atoms with van der Waals surface area (Å²) in [5.74, 6) is -7.28. The number of anilines is 1. The maximum Gasteiger partial charge on any atom is 0.323 e. The fourth-order valence-electron chi connectivity index (χ4n) is 5.68. The van der Waals surface area contributed by atoms with Gasteiger partial charge in [-0.2, -0.15) is 0 Å². The molecule has 2 aliphatic rings. The van der Waals surface area contributed by atoms with Crippen molar-refractivity contribution in [2.75, 3.05) is 11.9 Å². The van der Waals surface area contributed by atoms with E-state index < -0.39 is 67.9 Å². The van der Waals surface area contributed by atoms with Crippen LogP contribution in [0.2, 0.25) is 5.02 Å². The smallest absolute Gasteiger partial charge is 0.323 e. The van der Waals surface area contributed by atoms with Gasteiger partial charge in [-0.15, -0.1) is 0 Å². The number of benzene rings is 2. The number of carbonyl (C=O) groups excluding carboxylic acids is 2. The van der Waals surface area contributed by atoms with Gasteiger partial charge in [0.05, 0.1) is 20.8 Å². The maximum absolute atomic E-state index is 13.8. The first-order valence-electron chi connectivity index (χ1n) is 12.8. The standard InChI is InChI=1S/C27H30ClF3N2O6S/c1-13(2)23(32)26(35)39-12-27(36)10-15-3-4-16(11-27)24(15)40(37,38)21-7-14(5-6-18(21)28)25(34)33-17-8-19(29)22(31)20(30)9-17/h5-9,13,15-16,23-24,36H,3-4,10-12,32H2,1-2H3,(H,33,34)/t15?,16?,23-,24-,27-/m0/s1. The molecule has 40 heavy (non-hydrogen) atoms. The lowest BCUT2D eigenvalue weighted by Crippen LogP contribution is -2.49. The van der Waals surface area contributed by atoms with Crippen molar-refractivity contribution < 1.29 is 41.0 Å². The highest BCUT2D eigenvalue weighted by Crippen LogP contribution is 2.51. The number of hydrogen-bond acceptors (Lipinski definition) is 7. The SMILES string of the molecule is CC(C)[C@H](N)C(=O)OC[C@]1(O)CC2CCC(C1)[C@H]2S(=O)(=O)c1cc(C(=O)Nc2cc(F)c(F)c(F)c2)ccc1Cl. The molecule has 13 heteroatoms. The Kier molecular flexibility index (Phi) is 8.56. The zero-order chi connectivity index (χ0) is 29.6. The topological polar surface area (TPSA) is 136 Å². The molecular weight excluding hydrogens is 573 g/mol. The van der Waals surface area contributed by atoms with E-state index in [0.29, 0.717) is 25.0 Å². The predicted molar refractivity (Wildman–Crippen MR) is 141 cm³/mol. The number of sulfone groups is 1. The molecule has 0 radical (unpaired) electrons. The van der Waals surface area contributed by atoms with Crippen LogP contribution >= 0.6 is 11.6 Å². The number of hydrogen-bond donors (Lipinski definition) is 3. The zero-order valence-electron chi connectivity index (χ0n) is 21.8. The monoisotopic (exact) mass is 602 g/mol. The third kappa shape index (κ3) is 6.00. The van der Waals surface area contributed by atoms with Gasteiger partial charge in [0.15, 0.2) is 27.3 Å². The molecule has 2 unspecified atom stereocenters. The molecule has 0 heterocycles. The van der Waals surface area contributed by atoms with Crippen LogP contribution in [0, 0.1) is 35.2 Å². The summed E-state index contributed by atoms with van der Waals surface area (Å²) >= 11 is 6.26. The summed E-state index contributed by atoms with van der Waals surface area (Å²) in [6.45, 7) is 3.24. The van der Waals surface area contributed by atoms with Gasteiger partial charge in [-0.05, 0) is 61.6 Å². The summed E-state index contributed by atoms with van der Waals surface area (Å²) in [6.07, 6.45) is 1.21. The zero-order valence-corrected chi connectivity index (χ0v) is 23.4. The molecule has 4 N–H and O–H groups in total. The first-order chi connectivity index (χ1) is 18.6. The largest absolute Gasteiger partial charge is 0.461 e. The number of amides is 1. The van der Waals surface area contributed by atoms with Gasteiger partial charge in [-0.1, -0.05) is 25.4 Å². The highest BCUT2D eigenvalue weighted by molar-refractivity contribution is 7.92. The first-order valence-corrected chi connectivity index (χ1v) is 14.7. The normalized spacial score (nSPS) is 25.1. The highest BCUT2D eigenvalue weighted by Gasteiger charge is 2.54. The van der Waals surface area contributed by atoms with Crippen LogP contribution in [0.3, 0.4) is 0 Å². The molecule has 2 saturated carbocycles. The summed E-state index contributed by atoms with van der Waals surface area (Å²) in [4.78, 5) is 24.7. The number of carbonyl (C=O) groups is 2. The van der Waals surface area contributed by atoms with E-state index in [2.05, 4.69) is 5.32 Å². The van der Waals surface area contributed by atoms with E-state index >= 15 is 0 Å². The fourth-order valence-corrected chi connectivity index (χ4v) is 8.52. The van der Waals surface area contributed by atoms with Crippen LogP contribution in [0.4, 0.5) is 18.9 Å². The van der Waals surface area contributed by atoms with E-state index in [4.69, 9.17) is 22.1 Å². The summed E-state index contributed by atoms with van der Waals surface area (Å²) in [7, 11) is -4.10. The highest BCUT2D eigenvalue weighted by atomic mass is 35.5. The summed E-state index contributed by atoms with van der Waals surface area (Å²) in [5.41, 5.74) is 3.89. The van der Waals surface area contributed by atoms with Gasteiger partial charge < -0.3 is 20.9 Å². The number of esters is 1. The first kappa shape index (κ1) is 30.3. The fraction of sp³-hybridized carbons (Fsp3) is 0.481. The van der Waals surface area contributed by atoms with Crippen molar-refractivity contribution in [1.29, 1.82) is 0 Å².